The van der Waals surface area contributed by atoms with Gasteiger partial charge in [-0.1, -0.05) is 23.8 Å². The van der Waals surface area contributed by atoms with Gasteiger partial charge in [0.1, 0.15) is 0 Å². The van der Waals surface area contributed by atoms with Crippen molar-refractivity contribution in [1.29, 1.82) is 0 Å². The Bertz CT molecular complexity index is 334. The van der Waals surface area contributed by atoms with Gasteiger partial charge in [0.15, 0.2) is 0 Å². The molecule has 68 valence electrons. The van der Waals surface area contributed by atoms with Gasteiger partial charge in [-0.05, 0) is 19.9 Å². The number of para-hydroxylation sites is 1. The number of aliphatic imine (C=N–C) groups is 1. The number of nitrogens with two attached hydrogens (primary N) is 1. The third kappa shape index (κ3) is 3.11. The number of benzene rings is 1. The molecule has 0 unspecified atom stereocenters. The van der Waals surface area contributed by atoms with Crippen LogP contribution in [0.15, 0.2) is 41.0 Å². The van der Waals surface area contributed by atoms with Gasteiger partial charge in [-0.15, -0.1) is 0 Å². The summed E-state index contributed by atoms with van der Waals surface area (Å²) in [7, 11) is 0. The Morgan fingerprint density at radius 1 is 1.31 bits per heavy atom. The highest BCUT2D eigenvalue weighted by Gasteiger charge is 1.90. The fourth-order valence-corrected chi connectivity index (χ4v) is 0.895. The Kier molecular flexibility index (Phi) is 3.26. The minimum atomic E-state index is 0.758. The van der Waals surface area contributed by atoms with Crippen LogP contribution in [0.25, 0.3) is 0 Å². The summed E-state index contributed by atoms with van der Waals surface area (Å²) < 4.78 is 0. The van der Waals surface area contributed by atoms with Gasteiger partial charge in [0.25, 0.3) is 0 Å². The van der Waals surface area contributed by atoms with Gasteiger partial charge in [0.2, 0.25) is 0 Å². The van der Waals surface area contributed by atoms with E-state index in [1.807, 2.05) is 44.3 Å². The first-order chi connectivity index (χ1) is 6.20. The third-order valence-electron chi connectivity index (χ3n) is 1.54. The molecule has 1 rings (SSSR count). The van der Waals surface area contributed by atoms with Crippen molar-refractivity contribution in [1.82, 2.24) is 0 Å². The van der Waals surface area contributed by atoms with Gasteiger partial charge in [-0.25, -0.2) is 0 Å². The Morgan fingerprint density at radius 2 is 2.00 bits per heavy atom. The first-order valence-electron chi connectivity index (χ1n) is 4.21. The molecule has 0 amide bonds. The van der Waals surface area contributed by atoms with Crippen molar-refractivity contribution in [2.24, 2.45) is 4.99 Å². The lowest BCUT2D eigenvalue weighted by atomic mass is 10.2. The third-order valence-corrected chi connectivity index (χ3v) is 1.54. The lowest BCUT2D eigenvalue weighted by molar-refractivity contribution is 1.34. The molecule has 1 aromatic carbocycles. The van der Waals surface area contributed by atoms with Gasteiger partial charge >= 0.3 is 0 Å². The van der Waals surface area contributed by atoms with E-state index in [2.05, 4.69) is 4.99 Å². The highest BCUT2D eigenvalue weighted by atomic mass is 14.7. The maximum atomic E-state index is 5.73. The van der Waals surface area contributed by atoms with E-state index in [-0.39, 0.29) is 0 Å². The molecule has 0 fully saturated rings. The molecule has 0 aliphatic carbocycles. The lowest BCUT2D eigenvalue weighted by Crippen LogP contribution is -1.91. The standard InChI is InChI=1S/C11H14N2/c1-9(2)7-13-8-10-5-3-4-6-11(10)12/h3-8H,12H2,1-2H3/b13-8-. The van der Waals surface area contributed by atoms with Crippen LogP contribution in [-0.4, -0.2) is 6.21 Å². The number of nitrogen functional groups attached to an aromatic ring is 1. The predicted octanol–water partition coefficient (Wildman–Crippen LogP) is 2.61. The van der Waals surface area contributed by atoms with E-state index in [4.69, 9.17) is 5.73 Å². The summed E-state index contributed by atoms with van der Waals surface area (Å²) >= 11 is 0. The summed E-state index contributed by atoms with van der Waals surface area (Å²) in [5, 5.41) is 0. The van der Waals surface area contributed by atoms with Crippen molar-refractivity contribution in [2.45, 2.75) is 13.8 Å². The second-order valence-electron chi connectivity index (χ2n) is 3.11. The van der Waals surface area contributed by atoms with Crippen molar-refractivity contribution >= 4 is 11.9 Å². The Labute approximate surface area is 78.8 Å². The second kappa shape index (κ2) is 4.45. The van der Waals surface area contributed by atoms with Crippen molar-refractivity contribution in [3.05, 3.63) is 41.6 Å². The smallest absolute Gasteiger partial charge is 0.0403 e. The van der Waals surface area contributed by atoms with Crippen LogP contribution >= 0.6 is 0 Å². The zero-order chi connectivity index (χ0) is 9.68. The minimum Gasteiger partial charge on any atom is -0.398 e. The molecule has 2 nitrogen and oxygen atoms in total. The molecule has 1 aromatic rings. The summed E-state index contributed by atoms with van der Waals surface area (Å²) in [6, 6.07) is 7.66. The number of nitrogens with zero attached hydrogens (tertiary/aromatic N) is 1. The highest BCUT2D eigenvalue weighted by Crippen LogP contribution is 2.07. The lowest BCUT2D eigenvalue weighted by Gasteiger charge is -1.96. The molecule has 2 N–H and O–H groups in total. The van der Waals surface area contributed by atoms with Crippen molar-refractivity contribution < 1.29 is 0 Å². The first kappa shape index (κ1) is 9.52. The molecule has 0 radical (unpaired) electrons. The van der Waals surface area contributed by atoms with Crippen LogP contribution < -0.4 is 5.73 Å². The van der Waals surface area contributed by atoms with Gasteiger partial charge in [-0.2, -0.15) is 0 Å². The summed E-state index contributed by atoms with van der Waals surface area (Å²) in [4.78, 5) is 4.13. The SMILES string of the molecule is CC(C)=C/N=C\c1ccccc1N. The monoisotopic (exact) mass is 174 g/mol. The van der Waals surface area contributed by atoms with Crippen molar-refractivity contribution in [3.63, 3.8) is 0 Å². The Morgan fingerprint density at radius 3 is 2.62 bits per heavy atom. The van der Waals surface area contributed by atoms with E-state index in [0.717, 1.165) is 11.3 Å². The van der Waals surface area contributed by atoms with E-state index in [1.54, 1.807) is 6.21 Å². The highest BCUT2D eigenvalue weighted by molar-refractivity contribution is 5.87. The van der Waals surface area contributed by atoms with E-state index < -0.39 is 0 Å². The maximum absolute atomic E-state index is 5.73. The molecule has 0 bridgehead atoms. The topological polar surface area (TPSA) is 38.4 Å². The van der Waals surface area contributed by atoms with Gasteiger partial charge in [0.05, 0.1) is 0 Å². The maximum Gasteiger partial charge on any atom is 0.0403 e. The number of allylic oxidation sites excluding steroid dienone is 1. The second-order valence-corrected chi connectivity index (χ2v) is 3.11. The number of anilines is 1. The quantitative estimate of drug-likeness (QED) is 0.543. The van der Waals surface area contributed by atoms with E-state index in [1.165, 1.54) is 5.57 Å². The number of hydrogen-bond donors (Lipinski definition) is 1. The minimum absolute atomic E-state index is 0.758. The predicted molar refractivity (Wildman–Crippen MR) is 57.9 cm³/mol. The largest absolute Gasteiger partial charge is 0.398 e. The molecule has 0 aliphatic rings. The zero-order valence-corrected chi connectivity index (χ0v) is 7.99. The van der Waals surface area contributed by atoms with E-state index in [9.17, 15) is 0 Å². The van der Waals surface area contributed by atoms with Crippen LogP contribution in [0.3, 0.4) is 0 Å². The molecular weight excluding hydrogens is 160 g/mol. The Balaban J connectivity index is 2.80. The van der Waals surface area contributed by atoms with Gasteiger partial charge in [-0.3, -0.25) is 4.99 Å². The molecule has 0 aliphatic heterocycles. The molecule has 0 spiro atoms. The summed E-state index contributed by atoms with van der Waals surface area (Å²) in [6.45, 7) is 4.01. The molecule has 0 heterocycles. The van der Waals surface area contributed by atoms with Crippen molar-refractivity contribution in [2.75, 3.05) is 5.73 Å². The summed E-state index contributed by atoms with van der Waals surface area (Å²) in [5.74, 6) is 0. The van der Waals surface area contributed by atoms with E-state index >= 15 is 0 Å². The molecule has 0 saturated carbocycles. The van der Waals surface area contributed by atoms with Crippen LogP contribution in [-0.2, 0) is 0 Å². The van der Waals surface area contributed by atoms with Crippen LogP contribution in [0.4, 0.5) is 5.69 Å². The van der Waals surface area contributed by atoms with Gasteiger partial charge in [0, 0.05) is 23.7 Å². The average molecular weight is 174 g/mol. The van der Waals surface area contributed by atoms with Crippen LogP contribution in [0.2, 0.25) is 0 Å². The molecule has 0 aromatic heterocycles. The number of hydrogen-bond acceptors (Lipinski definition) is 2. The fourth-order valence-electron chi connectivity index (χ4n) is 0.895. The molecule has 2 heteroatoms. The van der Waals surface area contributed by atoms with Gasteiger partial charge < -0.3 is 5.73 Å². The van der Waals surface area contributed by atoms with Crippen molar-refractivity contribution in [3.8, 4) is 0 Å². The summed E-state index contributed by atoms with van der Waals surface area (Å²) in [5.41, 5.74) is 8.61. The fraction of sp³-hybridized carbons (Fsp3) is 0.182. The molecular formula is C11H14N2. The molecule has 0 atom stereocenters. The number of rotatable bonds is 2. The average Bonchev–Trinajstić information content (AvgIpc) is 2.08. The summed E-state index contributed by atoms with van der Waals surface area (Å²) in [6.07, 6.45) is 3.58. The van der Waals surface area contributed by atoms with E-state index in [0.29, 0.717) is 0 Å². The van der Waals surface area contributed by atoms with Crippen LogP contribution in [0.1, 0.15) is 19.4 Å². The first-order valence-corrected chi connectivity index (χ1v) is 4.21. The zero-order valence-electron chi connectivity index (χ0n) is 7.99. The molecule has 0 saturated heterocycles. The van der Waals surface area contributed by atoms with Crippen LogP contribution in [0, 0.1) is 0 Å². The normalized spacial score (nSPS) is 10.3. The van der Waals surface area contributed by atoms with Crippen LogP contribution in [0.5, 0.6) is 0 Å². The Hall–Kier alpha value is -1.57. The molecule has 13 heavy (non-hydrogen) atoms.